The molecule has 2 rings (SSSR count). The molecule has 0 amide bonds. The van der Waals surface area contributed by atoms with E-state index in [-0.39, 0.29) is 5.28 Å². The molecule has 1 aromatic carbocycles. The van der Waals surface area contributed by atoms with Crippen LogP contribution < -0.4 is 9.47 Å². The van der Waals surface area contributed by atoms with E-state index in [4.69, 9.17) is 21.1 Å². The lowest BCUT2D eigenvalue weighted by atomic mass is 10.1. The largest absolute Gasteiger partial charge is 0.497 e. The van der Waals surface area contributed by atoms with Crippen molar-refractivity contribution in [3.05, 3.63) is 35.2 Å². The number of methoxy groups -OCH3 is 2. The van der Waals surface area contributed by atoms with Gasteiger partial charge in [0.1, 0.15) is 11.5 Å². The third kappa shape index (κ3) is 2.54. The van der Waals surface area contributed by atoms with E-state index in [2.05, 4.69) is 9.97 Å². The van der Waals surface area contributed by atoms with Crippen molar-refractivity contribution in [2.24, 2.45) is 0 Å². The molecule has 18 heavy (non-hydrogen) atoms. The second-order valence-corrected chi connectivity index (χ2v) is 4.07. The summed E-state index contributed by atoms with van der Waals surface area (Å²) in [6, 6.07) is 7.37. The van der Waals surface area contributed by atoms with Crippen molar-refractivity contribution in [3.63, 3.8) is 0 Å². The molecular weight excluding hydrogens is 252 g/mol. The first kappa shape index (κ1) is 12.6. The molecule has 0 aliphatic carbocycles. The van der Waals surface area contributed by atoms with Gasteiger partial charge in [0.05, 0.1) is 19.9 Å². The van der Waals surface area contributed by atoms with Crippen LogP contribution >= 0.6 is 11.6 Å². The number of benzene rings is 1. The van der Waals surface area contributed by atoms with Crippen LogP contribution in [-0.2, 0) is 0 Å². The van der Waals surface area contributed by atoms with Gasteiger partial charge >= 0.3 is 0 Å². The lowest BCUT2D eigenvalue weighted by Crippen LogP contribution is -1.94. The van der Waals surface area contributed by atoms with E-state index in [0.717, 1.165) is 17.0 Å². The van der Waals surface area contributed by atoms with Crippen molar-refractivity contribution in [2.45, 2.75) is 6.92 Å². The zero-order chi connectivity index (χ0) is 13.1. The van der Waals surface area contributed by atoms with Crippen LogP contribution in [0, 0.1) is 6.92 Å². The molecule has 5 heteroatoms. The van der Waals surface area contributed by atoms with Gasteiger partial charge in [-0.05, 0) is 42.8 Å². The van der Waals surface area contributed by atoms with Crippen LogP contribution in [0.25, 0.3) is 11.3 Å². The lowest BCUT2D eigenvalue weighted by Gasteiger charge is -2.10. The molecule has 1 heterocycles. The highest BCUT2D eigenvalue weighted by molar-refractivity contribution is 6.28. The summed E-state index contributed by atoms with van der Waals surface area (Å²) >= 11 is 5.87. The van der Waals surface area contributed by atoms with Crippen LogP contribution in [0.5, 0.6) is 11.5 Å². The maximum absolute atomic E-state index is 5.87. The van der Waals surface area contributed by atoms with Gasteiger partial charge in [-0.25, -0.2) is 9.97 Å². The summed E-state index contributed by atoms with van der Waals surface area (Å²) in [7, 11) is 3.23. The second-order valence-electron chi connectivity index (χ2n) is 3.73. The molecule has 0 saturated carbocycles. The van der Waals surface area contributed by atoms with Gasteiger partial charge in [-0.1, -0.05) is 0 Å². The highest BCUT2D eigenvalue weighted by atomic mass is 35.5. The monoisotopic (exact) mass is 264 g/mol. The number of nitrogens with zero attached hydrogens (tertiary/aromatic N) is 2. The summed E-state index contributed by atoms with van der Waals surface area (Å²) in [5, 5.41) is 0.217. The number of ether oxygens (including phenoxy) is 2. The molecular formula is C13H13ClN2O2. The van der Waals surface area contributed by atoms with E-state index < -0.39 is 0 Å². The molecule has 0 unspecified atom stereocenters. The van der Waals surface area contributed by atoms with E-state index in [1.807, 2.05) is 31.2 Å². The number of aryl methyl sites for hydroxylation is 1. The van der Waals surface area contributed by atoms with Gasteiger partial charge < -0.3 is 9.47 Å². The minimum absolute atomic E-state index is 0.217. The average molecular weight is 265 g/mol. The number of aromatic nitrogens is 2. The van der Waals surface area contributed by atoms with Gasteiger partial charge in [-0.15, -0.1) is 0 Å². The first-order valence-electron chi connectivity index (χ1n) is 5.37. The number of halogens is 1. The molecule has 0 atom stereocenters. The van der Waals surface area contributed by atoms with Gasteiger partial charge in [0.2, 0.25) is 5.28 Å². The molecule has 2 aromatic rings. The van der Waals surface area contributed by atoms with Crippen molar-refractivity contribution >= 4 is 11.6 Å². The molecule has 0 aliphatic heterocycles. The zero-order valence-electron chi connectivity index (χ0n) is 10.4. The minimum atomic E-state index is 0.217. The molecule has 0 bridgehead atoms. The maximum Gasteiger partial charge on any atom is 0.223 e. The molecule has 94 valence electrons. The summed E-state index contributed by atoms with van der Waals surface area (Å²) in [5.74, 6) is 1.45. The Balaban J connectivity index is 2.60. The number of rotatable bonds is 3. The molecule has 0 N–H and O–H groups in total. The van der Waals surface area contributed by atoms with E-state index in [1.165, 1.54) is 0 Å². The SMILES string of the molecule is COc1ccc(OC)c(-c2cc(C)nc(Cl)n2)c1. The van der Waals surface area contributed by atoms with E-state index in [1.54, 1.807) is 14.2 Å². The van der Waals surface area contributed by atoms with E-state index >= 15 is 0 Å². The Bertz CT molecular complexity index is 553. The maximum atomic E-state index is 5.87. The first-order chi connectivity index (χ1) is 8.63. The van der Waals surface area contributed by atoms with Crippen LogP contribution in [0.1, 0.15) is 5.69 Å². The molecule has 1 aromatic heterocycles. The fourth-order valence-electron chi connectivity index (χ4n) is 1.68. The summed E-state index contributed by atoms with van der Waals surface area (Å²) in [4.78, 5) is 8.25. The molecule has 0 saturated heterocycles. The quantitative estimate of drug-likeness (QED) is 0.799. The topological polar surface area (TPSA) is 44.2 Å². The predicted molar refractivity (Wildman–Crippen MR) is 70.3 cm³/mol. The summed E-state index contributed by atoms with van der Waals surface area (Å²) in [5.41, 5.74) is 2.34. The van der Waals surface area contributed by atoms with E-state index in [9.17, 15) is 0 Å². The Labute approximate surface area is 111 Å². The molecule has 0 aliphatic rings. The standard InChI is InChI=1S/C13H13ClN2O2/c1-8-6-11(16-13(14)15-8)10-7-9(17-2)4-5-12(10)18-3/h4-7H,1-3H3. The Hall–Kier alpha value is -1.81. The molecule has 0 fully saturated rings. The zero-order valence-corrected chi connectivity index (χ0v) is 11.2. The summed E-state index contributed by atoms with van der Waals surface area (Å²) in [6.07, 6.45) is 0. The fraction of sp³-hybridized carbons (Fsp3) is 0.231. The van der Waals surface area contributed by atoms with Gasteiger partial charge in [0, 0.05) is 11.3 Å². The van der Waals surface area contributed by atoms with Crippen LogP contribution in [-0.4, -0.2) is 24.2 Å². The fourth-order valence-corrected chi connectivity index (χ4v) is 1.91. The number of hydrogen-bond donors (Lipinski definition) is 0. The molecule has 4 nitrogen and oxygen atoms in total. The highest BCUT2D eigenvalue weighted by Gasteiger charge is 2.10. The normalized spacial score (nSPS) is 10.2. The third-order valence-electron chi connectivity index (χ3n) is 2.51. The Morgan fingerprint density at radius 2 is 1.83 bits per heavy atom. The lowest BCUT2D eigenvalue weighted by molar-refractivity contribution is 0.404. The molecule has 0 spiro atoms. The van der Waals surface area contributed by atoms with Gasteiger partial charge in [-0.3, -0.25) is 0 Å². The smallest absolute Gasteiger partial charge is 0.223 e. The minimum Gasteiger partial charge on any atom is -0.497 e. The Morgan fingerprint density at radius 3 is 2.44 bits per heavy atom. The number of hydrogen-bond acceptors (Lipinski definition) is 4. The average Bonchev–Trinajstić information content (AvgIpc) is 2.36. The first-order valence-corrected chi connectivity index (χ1v) is 5.75. The van der Waals surface area contributed by atoms with Gasteiger partial charge in [-0.2, -0.15) is 0 Å². The Kier molecular flexibility index (Phi) is 3.67. The van der Waals surface area contributed by atoms with Crippen molar-refractivity contribution in [1.29, 1.82) is 0 Å². The van der Waals surface area contributed by atoms with E-state index in [0.29, 0.717) is 11.4 Å². The molecule has 0 radical (unpaired) electrons. The predicted octanol–water partition coefficient (Wildman–Crippen LogP) is 3.12. The van der Waals surface area contributed by atoms with Gasteiger partial charge in [0.25, 0.3) is 0 Å². The Morgan fingerprint density at radius 1 is 1.06 bits per heavy atom. The van der Waals surface area contributed by atoms with Gasteiger partial charge in [0.15, 0.2) is 0 Å². The van der Waals surface area contributed by atoms with Crippen molar-refractivity contribution in [1.82, 2.24) is 9.97 Å². The summed E-state index contributed by atoms with van der Waals surface area (Å²) < 4.78 is 10.5. The third-order valence-corrected chi connectivity index (χ3v) is 2.68. The summed E-state index contributed by atoms with van der Waals surface area (Å²) in [6.45, 7) is 1.86. The second kappa shape index (κ2) is 5.23. The highest BCUT2D eigenvalue weighted by Crippen LogP contribution is 2.32. The van der Waals surface area contributed by atoms with Crippen LogP contribution in [0.3, 0.4) is 0 Å². The van der Waals surface area contributed by atoms with Crippen molar-refractivity contribution < 1.29 is 9.47 Å². The van der Waals surface area contributed by atoms with Crippen LogP contribution in [0.2, 0.25) is 5.28 Å². The van der Waals surface area contributed by atoms with Crippen molar-refractivity contribution in [3.8, 4) is 22.8 Å². The van der Waals surface area contributed by atoms with Crippen LogP contribution in [0.4, 0.5) is 0 Å². The van der Waals surface area contributed by atoms with Crippen molar-refractivity contribution in [2.75, 3.05) is 14.2 Å². The van der Waals surface area contributed by atoms with Crippen LogP contribution in [0.15, 0.2) is 24.3 Å².